The zero-order valence-electron chi connectivity index (χ0n) is 13.5. The van der Waals surface area contributed by atoms with E-state index in [0.717, 1.165) is 37.1 Å². The molecule has 2 aliphatic heterocycles. The van der Waals surface area contributed by atoms with Gasteiger partial charge < -0.3 is 9.88 Å². The smallest absolute Gasteiger partial charge is 0.336 e. The number of aromatic nitrogens is 4. The molecule has 0 saturated heterocycles. The van der Waals surface area contributed by atoms with Gasteiger partial charge in [0.05, 0.1) is 11.0 Å². The van der Waals surface area contributed by atoms with Crippen molar-refractivity contribution in [3.63, 3.8) is 0 Å². The van der Waals surface area contributed by atoms with Crippen LogP contribution in [0.3, 0.4) is 0 Å². The number of rotatable bonds is 5. The Bertz CT molecular complexity index is 961. The van der Waals surface area contributed by atoms with E-state index in [1.54, 1.807) is 6.07 Å². The summed E-state index contributed by atoms with van der Waals surface area (Å²) in [5.74, 6) is 0.183. The normalized spacial score (nSPS) is 11.7. The van der Waals surface area contributed by atoms with Crippen LogP contribution in [0.5, 0.6) is 0 Å². The molecule has 0 fully saturated rings. The number of nitrogens with zero attached hydrogens (tertiary/aromatic N) is 3. The third-order valence-electron chi connectivity index (χ3n) is 4.10. The Morgan fingerprint density at radius 2 is 1.88 bits per heavy atom. The van der Waals surface area contributed by atoms with Crippen LogP contribution in [-0.4, -0.2) is 44.5 Å². The first-order valence-electron chi connectivity index (χ1n) is 7.86. The number of fused-ring (bicyclic) bond motifs is 2. The van der Waals surface area contributed by atoms with E-state index in [-0.39, 0.29) is 11.5 Å². The Balaban J connectivity index is 2.15. The lowest BCUT2D eigenvalue weighted by Gasteiger charge is -2.18. The van der Waals surface area contributed by atoms with Crippen LogP contribution in [0, 0.1) is 0 Å². The van der Waals surface area contributed by atoms with Gasteiger partial charge in [0.15, 0.2) is 11.5 Å². The van der Waals surface area contributed by atoms with Crippen LogP contribution < -0.4 is 11.2 Å². The van der Waals surface area contributed by atoms with Crippen molar-refractivity contribution in [3.8, 4) is 11.5 Å². The second kappa shape index (κ2) is 6.70. The number of likely N-dealkylation sites (N-methyl/N-ethyl adjacent to an activating group) is 1. The van der Waals surface area contributed by atoms with Gasteiger partial charge in [-0.25, -0.2) is 9.78 Å². The van der Waals surface area contributed by atoms with E-state index in [0.29, 0.717) is 10.5 Å². The Hall–Kier alpha value is -2.25. The number of hydrogen-bond donors (Lipinski definition) is 2. The largest absolute Gasteiger partial charge is 0.349 e. The molecule has 0 saturated carbocycles. The summed E-state index contributed by atoms with van der Waals surface area (Å²) in [4.78, 5) is 39.0. The molecule has 8 heteroatoms. The van der Waals surface area contributed by atoms with Gasteiger partial charge in [0.1, 0.15) is 0 Å². The molecular weight excluding hydrogens is 330 g/mol. The number of benzene rings is 1. The monoisotopic (exact) mass is 347 g/mol. The zero-order chi connectivity index (χ0) is 17.3. The van der Waals surface area contributed by atoms with E-state index in [4.69, 9.17) is 11.6 Å². The summed E-state index contributed by atoms with van der Waals surface area (Å²) < 4.78 is 0. The Kier molecular flexibility index (Phi) is 4.64. The third kappa shape index (κ3) is 3.18. The Labute approximate surface area is 143 Å². The highest BCUT2D eigenvalue weighted by atomic mass is 35.5. The van der Waals surface area contributed by atoms with Crippen molar-refractivity contribution in [2.75, 3.05) is 19.6 Å². The van der Waals surface area contributed by atoms with Crippen molar-refractivity contribution < 1.29 is 0 Å². The minimum Gasteiger partial charge on any atom is -0.336 e. The average Bonchev–Trinajstić information content (AvgIpc) is 2.54. The van der Waals surface area contributed by atoms with E-state index >= 15 is 0 Å². The Morgan fingerprint density at radius 1 is 1.12 bits per heavy atom. The maximum atomic E-state index is 11.9. The first-order chi connectivity index (χ1) is 11.5. The van der Waals surface area contributed by atoms with Gasteiger partial charge in [-0.1, -0.05) is 25.4 Å². The number of nitrogens with one attached hydrogen (secondary N) is 2. The van der Waals surface area contributed by atoms with Crippen molar-refractivity contribution in [2.45, 2.75) is 20.3 Å². The van der Waals surface area contributed by atoms with Gasteiger partial charge in [0, 0.05) is 11.6 Å². The molecule has 0 amide bonds. The SMILES string of the molecule is CCN(CC)CCc1cc(Cl)cc2nc3c(=O)[nH]c(=O)nc-3[nH]c12. The highest BCUT2D eigenvalue weighted by Gasteiger charge is 2.16. The summed E-state index contributed by atoms with van der Waals surface area (Å²) >= 11 is 6.20. The van der Waals surface area contributed by atoms with Crippen molar-refractivity contribution in [2.24, 2.45) is 0 Å². The van der Waals surface area contributed by atoms with Gasteiger partial charge in [-0.15, -0.1) is 0 Å². The standard InChI is InChI=1S/C16H18ClN5O2/c1-3-22(4-2)6-5-9-7-10(17)8-11-12(9)19-14-13(18-11)15(23)21-16(24)20-14/h7-8H,3-6H2,1-2H3,(H2,19,20,21,23,24). The molecule has 126 valence electrons. The minimum absolute atomic E-state index is 0.0964. The van der Waals surface area contributed by atoms with E-state index in [9.17, 15) is 9.59 Å². The number of aromatic amines is 2. The molecule has 0 radical (unpaired) electrons. The molecular formula is C16H18ClN5O2. The Morgan fingerprint density at radius 3 is 2.58 bits per heavy atom. The molecule has 1 aromatic carbocycles. The summed E-state index contributed by atoms with van der Waals surface area (Å²) in [5, 5.41) is 0.558. The van der Waals surface area contributed by atoms with Gasteiger partial charge in [0.2, 0.25) is 0 Å². The summed E-state index contributed by atoms with van der Waals surface area (Å²) in [7, 11) is 0. The van der Waals surface area contributed by atoms with Crippen molar-refractivity contribution >= 4 is 22.6 Å². The fourth-order valence-corrected chi connectivity index (χ4v) is 3.01. The summed E-state index contributed by atoms with van der Waals surface area (Å²) in [5.41, 5.74) is 1.15. The van der Waals surface area contributed by atoms with Crippen LogP contribution in [0.1, 0.15) is 19.4 Å². The molecule has 24 heavy (non-hydrogen) atoms. The van der Waals surface area contributed by atoms with E-state index in [1.807, 2.05) is 6.07 Å². The lowest BCUT2D eigenvalue weighted by Crippen LogP contribution is -2.27. The second-order valence-corrected chi connectivity index (χ2v) is 5.98. The molecule has 0 aliphatic carbocycles. The molecule has 2 aliphatic rings. The van der Waals surface area contributed by atoms with Gasteiger partial charge >= 0.3 is 5.69 Å². The molecule has 2 N–H and O–H groups in total. The van der Waals surface area contributed by atoms with Crippen LogP contribution >= 0.6 is 11.6 Å². The summed E-state index contributed by atoms with van der Waals surface area (Å²) in [6.07, 6.45) is 0.774. The van der Waals surface area contributed by atoms with Gasteiger partial charge in [-0.05, 0) is 37.2 Å². The first kappa shape index (κ1) is 16.6. The van der Waals surface area contributed by atoms with Crippen molar-refractivity contribution in [1.82, 2.24) is 24.8 Å². The molecule has 7 nitrogen and oxygen atoms in total. The lowest BCUT2D eigenvalue weighted by atomic mass is 10.1. The van der Waals surface area contributed by atoms with Gasteiger partial charge in [-0.2, -0.15) is 4.98 Å². The highest BCUT2D eigenvalue weighted by Crippen LogP contribution is 2.24. The van der Waals surface area contributed by atoms with E-state index in [2.05, 4.69) is 38.7 Å². The highest BCUT2D eigenvalue weighted by molar-refractivity contribution is 6.31. The number of hydrogen-bond acceptors (Lipinski definition) is 5. The van der Waals surface area contributed by atoms with E-state index < -0.39 is 11.2 Å². The van der Waals surface area contributed by atoms with Gasteiger partial charge in [-0.3, -0.25) is 9.78 Å². The summed E-state index contributed by atoms with van der Waals surface area (Å²) in [6, 6.07) is 3.57. The molecule has 1 aromatic rings. The predicted octanol–water partition coefficient (Wildman–Crippen LogP) is 1.65. The fraction of sp³-hybridized carbons (Fsp3) is 0.375. The first-order valence-corrected chi connectivity index (χ1v) is 8.24. The molecule has 0 spiro atoms. The second-order valence-electron chi connectivity index (χ2n) is 5.54. The molecule has 0 unspecified atom stereocenters. The van der Waals surface area contributed by atoms with Crippen LogP contribution in [-0.2, 0) is 6.42 Å². The molecule has 3 rings (SSSR count). The minimum atomic E-state index is -0.691. The molecule has 0 aromatic heterocycles. The average molecular weight is 348 g/mol. The quantitative estimate of drug-likeness (QED) is 0.684. The maximum absolute atomic E-state index is 11.9. The zero-order valence-corrected chi connectivity index (χ0v) is 14.3. The molecule has 0 bridgehead atoms. The molecule has 2 heterocycles. The van der Waals surface area contributed by atoms with E-state index in [1.165, 1.54) is 0 Å². The fourth-order valence-electron chi connectivity index (χ4n) is 2.77. The third-order valence-corrected chi connectivity index (χ3v) is 4.32. The van der Waals surface area contributed by atoms with Crippen molar-refractivity contribution in [1.29, 1.82) is 0 Å². The topological polar surface area (TPSA) is 94.7 Å². The van der Waals surface area contributed by atoms with Crippen LogP contribution in [0.25, 0.3) is 22.6 Å². The predicted molar refractivity (Wildman–Crippen MR) is 93.9 cm³/mol. The van der Waals surface area contributed by atoms with Crippen LogP contribution in [0.4, 0.5) is 0 Å². The molecule has 0 atom stereocenters. The maximum Gasteiger partial charge on any atom is 0.349 e. The van der Waals surface area contributed by atoms with Crippen LogP contribution in [0.2, 0.25) is 5.02 Å². The summed E-state index contributed by atoms with van der Waals surface area (Å²) in [6.45, 7) is 7.05. The number of H-pyrrole nitrogens is 2. The number of halogens is 1. The van der Waals surface area contributed by atoms with Crippen molar-refractivity contribution in [3.05, 3.63) is 43.6 Å². The van der Waals surface area contributed by atoms with Gasteiger partial charge in [0.25, 0.3) is 5.56 Å². The lowest BCUT2D eigenvalue weighted by molar-refractivity contribution is 0.308. The van der Waals surface area contributed by atoms with Crippen LogP contribution in [0.15, 0.2) is 21.7 Å².